The molecule has 3 aromatic rings. The lowest BCUT2D eigenvalue weighted by atomic mass is 9.93. The second-order valence-corrected chi connectivity index (χ2v) is 18.3. The van der Waals surface area contributed by atoms with E-state index in [4.69, 9.17) is 65.1 Å². The Morgan fingerprint density at radius 2 is 1.52 bits per heavy atom. The third-order valence-electron chi connectivity index (χ3n) is 9.35. The van der Waals surface area contributed by atoms with Gasteiger partial charge in [0.2, 0.25) is 0 Å². The summed E-state index contributed by atoms with van der Waals surface area (Å²) in [6.45, 7) is 1.14. The summed E-state index contributed by atoms with van der Waals surface area (Å²) >= 11 is 17.5. The molecule has 17 nitrogen and oxygen atoms in total. The van der Waals surface area contributed by atoms with Crippen molar-refractivity contribution in [1.29, 1.82) is 0 Å². The second kappa shape index (κ2) is 23.9. The molecule has 5 N–H and O–H groups in total. The minimum atomic E-state index is -3.14. The van der Waals surface area contributed by atoms with Crippen LogP contribution < -0.4 is 21.1 Å². The number of alkyl halides is 3. The van der Waals surface area contributed by atoms with Crippen molar-refractivity contribution in [2.24, 2.45) is 5.73 Å². The van der Waals surface area contributed by atoms with Crippen LogP contribution in [0.4, 0.5) is 23.2 Å². The molecule has 0 fully saturated rings. The molecule has 3 unspecified atom stereocenters. The van der Waals surface area contributed by atoms with Gasteiger partial charge in [0.1, 0.15) is 34.5 Å². The number of halogens is 7. The fraction of sp³-hybridized carbons (Fsp3) is 0.462. The van der Waals surface area contributed by atoms with E-state index < -0.39 is 84.7 Å². The number of nitrogens with zero attached hydrogens (tertiary/aromatic N) is 4. The van der Waals surface area contributed by atoms with E-state index in [0.29, 0.717) is 35.3 Å². The monoisotopic (exact) mass is 987 g/mol. The predicted octanol–water partition coefficient (Wildman–Crippen LogP) is 6.79. The predicted molar refractivity (Wildman–Crippen MR) is 226 cm³/mol. The van der Waals surface area contributed by atoms with Crippen molar-refractivity contribution in [3.05, 3.63) is 79.0 Å². The molecule has 0 bridgehead atoms. The number of anilines is 1. The molecule has 64 heavy (non-hydrogen) atoms. The maximum atomic E-state index is 14.5. The molecular formula is C39H45Cl3F4N5O12P. The minimum absolute atomic E-state index is 0.000883. The normalized spacial score (nSPS) is 15.4. The van der Waals surface area contributed by atoms with Gasteiger partial charge in [0, 0.05) is 41.5 Å². The van der Waals surface area contributed by atoms with Crippen LogP contribution in [-0.4, -0.2) is 96.6 Å². The highest BCUT2D eigenvalue weighted by Crippen LogP contribution is 2.40. The number of unbranched alkanes of at least 4 members (excludes halogenated alkanes) is 2. The van der Waals surface area contributed by atoms with Crippen LogP contribution in [-0.2, 0) is 39.7 Å². The van der Waals surface area contributed by atoms with Crippen molar-refractivity contribution in [2.45, 2.75) is 89.6 Å². The highest BCUT2D eigenvalue weighted by atomic mass is 35.5. The molecule has 1 aliphatic carbocycles. The summed E-state index contributed by atoms with van der Waals surface area (Å²) in [7, 11) is -3.10. The Bertz CT molecular complexity index is 2350. The van der Waals surface area contributed by atoms with Crippen LogP contribution in [0.1, 0.15) is 76.2 Å². The Balaban J connectivity index is 0.000000280. The summed E-state index contributed by atoms with van der Waals surface area (Å²) < 4.78 is 75.9. The van der Waals surface area contributed by atoms with Gasteiger partial charge in [-0.1, -0.05) is 43.0 Å². The van der Waals surface area contributed by atoms with E-state index in [0.717, 1.165) is 62.1 Å². The van der Waals surface area contributed by atoms with E-state index in [1.54, 1.807) is 0 Å². The Kier molecular flexibility index (Phi) is 20.0. The number of nitrogens with two attached hydrogens (primary N) is 1. The van der Waals surface area contributed by atoms with Gasteiger partial charge < -0.3 is 30.3 Å². The number of carboxylic acids is 2. The van der Waals surface area contributed by atoms with E-state index in [1.807, 2.05) is 6.92 Å². The second-order valence-electron chi connectivity index (χ2n) is 14.4. The van der Waals surface area contributed by atoms with Crippen molar-refractivity contribution in [2.75, 3.05) is 30.9 Å². The molecule has 1 aromatic heterocycles. The fourth-order valence-electron chi connectivity index (χ4n) is 6.01. The number of hydrogen-bond donors (Lipinski definition) is 4. The number of hydrogen-bond acceptors (Lipinski definition) is 11. The molecule has 2 heterocycles. The van der Waals surface area contributed by atoms with Gasteiger partial charge in [-0.2, -0.15) is 13.5 Å². The SMILES string of the molecule is CCCCCOC(=O)COc1cc(N2C(=O)C3=C(CCCC3)C2=O)c(F)cc1Cl.CP(=O)(O)CCC(N)C(=O)O.Cc1nn(-c2cc(CC(Cl)C(=O)O)c(Cl)cc2F)c(=O)n1C(F)F. The maximum absolute atomic E-state index is 14.5. The number of carbonyl (C=O) groups excluding carboxylic acids is 3. The van der Waals surface area contributed by atoms with Crippen molar-refractivity contribution >= 4 is 77.6 Å². The summed E-state index contributed by atoms with van der Waals surface area (Å²) in [5.74, 6) is -6.15. The summed E-state index contributed by atoms with van der Waals surface area (Å²) in [5.41, 5.74) is 4.22. The van der Waals surface area contributed by atoms with Gasteiger partial charge in [-0.3, -0.25) is 23.7 Å². The molecule has 0 radical (unpaired) electrons. The molecule has 0 saturated heterocycles. The fourth-order valence-corrected chi connectivity index (χ4v) is 7.37. The Labute approximate surface area is 378 Å². The first-order valence-corrected chi connectivity index (χ1v) is 22.9. The summed E-state index contributed by atoms with van der Waals surface area (Å²) in [6.07, 6.45) is 5.14. The lowest BCUT2D eigenvalue weighted by molar-refractivity contribution is -0.146. The molecule has 2 amide bonds. The van der Waals surface area contributed by atoms with Crippen LogP contribution in [0.5, 0.6) is 5.75 Å². The van der Waals surface area contributed by atoms with Gasteiger partial charge in [0.15, 0.2) is 19.8 Å². The first kappa shape index (κ1) is 53.5. The molecular weight excluding hydrogens is 944 g/mol. The summed E-state index contributed by atoms with van der Waals surface area (Å²) in [6, 6.07) is 3.00. The lowest BCUT2D eigenvalue weighted by Crippen LogP contribution is -2.32. The molecule has 2 aromatic carbocycles. The number of ether oxygens (including phenoxy) is 2. The van der Waals surface area contributed by atoms with Crippen LogP contribution in [0.15, 0.2) is 40.2 Å². The molecule has 352 valence electrons. The quantitative estimate of drug-likeness (QED) is 0.0272. The zero-order chi connectivity index (χ0) is 48.2. The molecule has 25 heteroatoms. The van der Waals surface area contributed by atoms with Crippen LogP contribution in [0.2, 0.25) is 10.0 Å². The van der Waals surface area contributed by atoms with Crippen LogP contribution in [0.25, 0.3) is 5.69 Å². The Morgan fingerprint density at radius 3 is 2.03 bits per heavy atom. The van der Waals surface area contributed by atoms with Gasteiger partial charge in [-0.25, -0.2) is 27.8 Å². The van der Waals surface area contributed by atoms with Crippen molar-refractivity contribution in [1.82, 2.24) is 14.3 Å². The highest BCUT2D eigenvalue weighted by molar-refractivity contribution is 7.57. The zero-order valence-corrected chi connectivity index (χ0v) is 37.7. The number of aromatic nitrogens is 3. The number of aryl methyl sites for hydroxylation is 1. The lowest BCUT2D eigenvalue weighted by Gasteiger charge is -2.18. The molecule has 2 aliphatic rings. The number of carbonyl (C=O) groups is 5. The summed E-state index contributed by atoms with van der Waals surface area (Å²) in [5, 5.41) is 19.2. The first-order chi connectivity index (χ1) is 29.9. The average molecular weight is 989 g/mol. The third kappa shape index (κ3) is 14.6. The van der Waals surface area contributed by atoms with Gasteiger partial charge >= 0.3 is 30.1 Å². The van der Waals surface area contributed by atoms with Crippen LogP contribution >= 0.6 is 42.2 Å². The molecule has 0 spiro atoms. The number of rotatable bonds is 17. The van der Waals surface area contributed by atoms with E-state index in [-0.39, 0.29) is 56.4 Å². The van der Waals surface area contributed by atoms with E-state index in [1.165, 1.54) is 12.7 Å². The van der Waals surface area contributed by atoms with Gasteiger partial charge in [-0.15, -0.1) is 16.7 Å². The van der Waals surface area contributed by atoms with Crippen molar-refractivity contribution < 1.29 is 70.7 Å². The van der Waals surface area contributed by atoms with Gasteiger partial charge in [0.05, 0.1) is 17.3 Å². The number of carboxylic acid groups (broad SMARTS) is 2. The largest absolute Gasteiger partial charge is 0.480 e. The van der Waals surface area contributed by atoms with E-state index in [9.17, 15) is 50.9 Å². The van der Waals surface area contributed by atoms with E-state index in [2.05, 4.69) is 5.10 Å². The number of benzene rings is 2. The van der Waals surface area contributed by atoms with Crippen molar-refractivity contribution in [3.8, 4) is 11.4 Å². The Morgan fingerprint density at radius 1 is 0.938 bits per heavy atom. The van der Waals surface area contributed by atoms with Gasteiger partial charge in [-0.05, 0) is 69.2 Å². The summed E-state index contributed by atoms with van der Waals surface area (Å²) in [4.78, 5) is 79.6. The topological polar surface area (TPSA) is 251 Å². The zero-order valence-electron chi connectivity index (χ0n) is 34.5. The number of imide groups is 1. The third-order valence-corrected chi connectivity index (χ3v) is 11.4. The number of aliphatic carboxylic acids is 2. The number of amides is 2. The minimum Gasteiger partial charge on any atom is -0.480 e. The molecule has 5 rings (SSSR count). The average Bonchev–Trinajstić information content (AvgIpc) is 3.65. The molecule has 0 saturated carbocycles. The molecule has 1 aliphatic heterocycles. The van der Waals surface area contributed by atoms with Crippen molar-refractivity contribution in [3.63, 3.8) is 0 Å². The molecule has 3 atom stereocenters. The standard InChI is InChI=1S/C21H23ClFNO5.C13H10Cl2F3N3O3.C5H12NO4P/c1-2-3-6-9-28-19(25)12-29-18-11-17(16(23)10-15(18)22)24-20(26)13-7-4-5-8-14(13)21(24)27;1-5-19-21(13(24)20(5)12(17)18)10-3-6(2-8(15)11(22)23)7(14)4-9(10)16;1-11(9,10)3-2-4(6)5(7)8/h10-11H,2-9,12H2,1H3;3-4,8,12H,2H2,1H3,(H,22,23);4H,2-3,6H2,1H3,(H,7,8)(H,9,10). The Hall–Kier alpha value is -4.79. The van der Waals surface area contributed by atoms with Crippen LogP contribution in [0, 0.1) is 18.6 Å². The number of esters is 1. The maximum Gasteiger partial charge on any atom is 0.355 e. The van der Waals surface area contributed by atoms with Gasteiger partial charge in [0.25, 0.3) is 11.8 Å². The smallest absolute Gasteiger partial charge is 0.355 e. The highest BCUT2D eigenvalue weighted by Gasteiger charge is 2.41. The van der Waals surface area contributed by atoms with E-state index >= 15 is 0 Å². The van der Waals surface area contributed by atoms with Crippen LogP contribution in [0.3, 0.4) is 0 Å². The first-order valence-electron chi connectivity index (χ1n) is 19.4.